The van der Waals surface area contributed by atoms with E-state index in [1.165, 1.54) is 11.3 Å². The van der Waals surface area contributed by atoms with Crippen molar-refractivity contribution >= 4 is 21.4 Å². The third-order valence-electron chi connectivity index (χ3n) is 5.88. The van der Waals surface area contributed by atoms with Gasteiger partial charge in [0.05, 0.1) is 23.0 Å². The molecule has 7 heteroatoms. The summed E-state index contributed by atoms with van der Waals surface area (Å²) in [5.74, 6) is 0. The summed E-state index contributed by atoms with van der Waals surface area (Å²) < 4.78 is 31.9. The molecule has 2 rings (SSSR count). The third kappa shape index (κ3) is 6.59. The molecule has 6 nitrogen and oxygen atoms in total. The SMILES string of the molecule is Cc1cc(N2CC(C)OC(C)C2C)ccc1NCCCCCNS(=O)(=O)C(C)(C)C. The predicted molar refractivity (Wildman–Crippen MR) is 127 cm³/mol. The van der Waals surface area contributed by atoms with Gasteiger partial charge in [-0.15, -0.1) is 0 Å². The highest BCUT2D eigenvalue weighted by molar-refractivity contribution is 7.90. The Balaban J connectivity index is 1.77. The van der Waals surface area contributed by atoms with Gasteiger partial charge in [0.25, 0.3) is 0 Å². The Labute approximate surface area is 183 Å². The van der Waals surface area contributed by atoms with E-state index in [1.807, 2.05) is 0 Å². The number of unbranched alkanes of at least 4 members (excludes halogenated alkanes) is 2. The molecule has 1 aromatic carbocycles. The molecule has 1 aliphatic rings. The van der Waals surface area contributed by atoms with Crippen molar-refractivity contribution in [3.63, 3.8) is 0 Å². The summed E-state index contributed by atoms with van der Waals surface area (Å²) in [4.78, 5) is 2.44. The summed E-state index contributed by atoms with van der Waals surface area (Å²) in [6, 6.07) is 6.97. The van der Waals surface area contributed by atoms with E-state index in [0.29, 0.717) is 12.6 Å². The summed E-state index contributed by atoms with van der Waals surface area (Å²) in [7, 11) is -3.24. The Morgan fingerprint density at radius 3 is 2.40 bits per heavy atom. The van der Waals surface area contributed by atoms with Crippen LogP contribution in [-0.4, -0.2) is 51.0 Å². The minimum Gasteiger partial charge on any atom is -0.385 e. The second kappa shape index (κ2) is 10.3. The molecule has 0 spiro atoms. The number of hydrogen-bond donors (Lipinski definition) is 2. The smallest absolute Gasteiger partial charge is 0.216 e. The van der Waals surface area contributed by atoms with Crippen LogP contribution < -0.4 is 14.9 Å². The summed E-state index contributed by atoms with van der Waals surface area (Å²) in [6.07, 6.45) is 3.30. The molecule has 0 aromatic heterocycles. The average Bonchev–Trinajstić information content (AvgIpc) is 2.64. The maximum Gasteiger partial charge on any atom is 0.216 e. The third-order valence-corrected chi connectivity index (χ3v) is 8.08. The molecule has 0 aliphatic carbocycles. The highest BCUT2D eigenvalue weighted by Gasteiger charge is 2.30. The van der Waals surface area contributed by atoms with Crippen LogP contribution in [-0.2, 0) is 14.8 Å². The van der Waals surface area contributed by atoms with Crippen molar-refractivity contribution in [3.8, 4) is 0 Å². The Hall–Kier alpha value is -1.31. The molecule has 30 heavy (non-hydrogen) atoms. The summed E-state index contributed by atoms with van der Waals surface area (Å²) in [5.41, 5.74) is 3.65. The van der Waals surface area contributed by atoms with Crippen molar-refractivity contribution in [2.24, 2.45) is 0 Å². The van der Waals surface area contributed by atoms with Crippen molar-refractivity contribution < 1.29 is 13.2 Å². The molecular weight excluding hydrogens is 398 g/mol. The lowest BCUT2D eigenvalue weighted by atomic mass is 10.1. The fraction of sp³-hybridized carbons (Fsp3) is 0.739. The second-order valence-electron chi connectivity index (χ2n) is 9.54. The highest BCUT2D eigenvalue weighted by atomic mass is 32.2. The molecule has 1 saturated heterocycles. The standard InChI is InChI=1S/C23H41N3O3S/c1-17-15-21(26-16-18(2)29-20(4)19(26)3)11-12-22(17)24-13-9-8-10-14-25-30(27,28)23(5,6)7/h11-12,15,18-20,24-25H,8-10,13-14,16H2,1-7H3. The lowest BCUT2D eigenvalue weighted by molar-refractivity contribution is -0.0257. The largest absolute Gasteiger partial charge is 0.385 e. The molecule has 0 saturated carbocycles. The van der Waals surface area contributed by atoms with Gasteiger partial charge in [-0.2, -0.15) is 0 Å². The number of rotatable bonds is 9. The van der Waals surface area contributed by atoms with Gasteiger partial charge in [0.2, 0.25) is 10.0 Å². The van der Waals surface area contributed by atoms with E-state index in [2.05, 4.69) is 60.8 Å². The number of nitrogens with one attached hydrogen (secondary N) is 2. The fourth-order valence-corrected chi connectivity index (χ4v) is 4.50. The van der Waals surface area contributed by atoms with Gasteiger partial charge in [-0.1, -0.05) is 6.42 Å². The molecular formula is C23H41N3O3S. The van der Waals surface area contributed by atoms with Gasteiger partial charge in [0, 0.05) is 31.0 Å². The molecule has 1 fully saturated rings. The van der Waals surface area contributed by atoms with Crippen LogP contribution in [0.3, 0.4) is 0 Å². The van der Waals surface area contributed by atoms with Crippen LogP contribution in [0.15, 0.2) is 18.2 Å². The van der Waals surface area contributed by atoms with Gasteiger partial charge in [-0.05, 0) is 85.1 Å². The quantitative estimate of drug-likeness (QED) is 0.562. The number of benzene rings is 1. The van der Waals surface area contributed by atoms with Gasteiger partial charge in [0.1, 0.15) is 0 Å². The van der Waals surface area contributed by atoms with E-state index in [-0.39, 0.29) is 12.2 Å². The van der Waals surface area contributed by atoms with Gasteiger partial charge < -0.3 is 15.0 Å². The fourth-order valence-electron chi connectivity index (χ4n) is 3.66. The zero-order valence-corrected chi connectivity index (χ0v) is 20.6. The van der Waals surface area contributed by atoms with Crippen molar-refractivity contribution in [1.82, 2.24) is 4.72 Å². The number of nitrogens with zero attached hydrogens (tertiary/aromatic N) is 1. The van der Waals surface area contributed by atoms with Crippen molar-refractivity contribution in [2.45, 2.75) is 90.7 Å². The van der Waals surface area contributed by atoms with Crippen LogP contribution in [0.1, 0.15) is 66.4 Å². The van der Waals surface area contributed by atoms with E-state index < -0.39 is 14.8 Å². The van der Waals surface area contributed by atoms with Gasteiger partial charge >= 0.3 is 0 Å². The first-order valence-corrected chi connectivity index (χ1v) is 12.7. The average molecular weight is 440 g/mol. The van der Waals surface area contributed by atoms with Crippen LogP contribution in [0.5, 0.6) is 0 Å². The summed E-state index contributed by atoms with van der Waals surface area (Å²) >= 11 is 0. The molecule has 1 heterocycles. The van der Waals surface area contributed by atoms with Crippen molar-refractivity contribution in [1.29, 1.82) is 0 Å². The molecule has 172 valence electrons. The van der Waals surface area contributed by atoms with Gasteiger partial charge in [0.15, 0.2) is 0 Å². The first kappa shape index (κ1) is 25.0. The van der Waals surface area contributed by atoms with Crippen LogP contribution in [0.4, 0.5) is 11.4 Å². The van der Waals surface area contributed by atoms with Crippen molar-refractivity contribution in [3.05, 3.63) is 23.8 Å². The number of hydrogen-bond acceptors (Lipinski definition) is 5. The molecule has 1 aromatic rings. The van der Waals surface area contributed by atoms with Crippen LogP contribution in [0.2, 0.25) is 0 Å². The summed E-state index contributed by atoms with van der Waals surface area (Å²) in [5, 5.41) is 3.52. The maximum absolute atomic E-state index is 12.0. The van der Waals surface area contributed by atoms with E-state index >= 15 is 0 Å². The number of morpholine rings is 1. The molecule has 0 radical (unpaired) electrons. The highest BCUT2D eigenvalue weighted by Crippen LogP contribution is 2.28. The van der Waals surface area contributed by atoms with Crippen LogP contribution >= 0.6 is 0 Å². The molecule has 0 bridgehead atoms. The zero-order chi connectivity index (χ0) is 22.5. The Morgan fingerprint density at radius 2 is 1.77 bits per heavy atom. The second-order valence-corrected chi connectivity index (χ2v) is 12.1. The normalized spacial score (nSPS) is 22.9. The minimum absolute atomic E-state index is 0.222. The van der Waals surface area contributed by atoms with Crippen LogP contribution in [0.25, 0.3) is 0 Å². The monoisotopic (exact) mass is 439 g/mol. The topological polar surface area (TPSA) is 70.7 Å². The number of aryl methyl sites for hydroxylation is 1. The Kier molecular flexibility index (Phi) is 8.60. The zero-order valence-electron chi connectivity index (χ0n) is 19.8. The van der Waals surface area contributed by atoms with E-state index in [1.54, 1.807) is 20.8 Å². The Morgan fingerprint density at radius 1 is 1.10 bits per heavy atom. The Bertz CT molecular complexity index is 789. The van der Waals surface area contributed by atoms with Crippen LogP contribution in [0, 0.1) is 6.92 Å². The van der Waals surface area contributed by atoms with Gasteiger partial charge in [-0.25, -0.2) is 13.1 Å². The van der Waals surface area contributed by atoms with E-state index in [0.717, 1.165) is 38.0 Å². The summed E-state index contributed by atoms with van der Waals surface area (Å²) in [6.45, 7) is 16.1. The minimum atomic E-state index is -3.24. The van der Waals surface area contributed by atoms with E-state index in [9.17, 15) is 8.42 Å². The first-order chi connectivity index (χ1) is 13.9. The molecule has 3 atom stereocenters. The molecule has 0 amide bonds. The van der Waals surface area contributed by atoms with E-state index in [4.69, 9.17) is 4.74 Å². The molecule has 1 aliphatic heterocycles. The van der Waals surface area contributed by atoms with Gasteiger partial charge in [-0.3, -0.25) is 0 Å². The molecule has 2 N–H and O–H groups in total. The lowest BCUT2D eigenvalue weighted by Crippen LogP contribution is -2.52. The predicted octanol–water partition coefficient (Wildman–Crippen LogP) is 4.30. The number of ether oxygens (including phenoxy) is 1. The molecule has 3 unspecified atom stereocenters. The number of anilines is 2. The lowest BCUT2D eigenvalue weighted by Gasteiger charge is -2.42. The van der Waals surface area contributed by atoms with Crippen molar-refractivity contribution in [2.75, 3.05) is 29.9 Å². The first-order valence-electron chi connectivity index (χ1n) is 11.2. The maximum atomic E-state index is 12.0. The number of sulfonamides is 1.